The predicted molar refractivity (Wildman–Crippen MR) is 65.2 cm³/mol. The minimum Gasteiger partial charge on any atom is -0.381 e. The molecule has 0 unspecified atom stereocenters. The Morgan fingerprint density at radius 3 is 2.88 bits per heavy atom. The van der Waals surface area contributed by atoms with Gasteiger partial charge in [-0.1, -0.05) is 0 Å². The molecule has 3 nitrogen and oxygen atoms in total. The Kier molecular flexibility index (Phi) is 3.22. The van der Waals surface area contributed by atoms with Gasteiger partial charge in [-0.15, -0.1) is 11.3 Å². The average molecular weight is 238 g/mol. The van der Waals surface area contributed by atoms with Gasteiger partial charge in [-0.2, -0.15) is 0 Å². The third-order valence-electron chi connectivity index (χ3n) is 3.43. The number of fused-ring (bicyclic) bond motifs is 1. The monoisotopic (exact) mass is 238 g/mol. The van der Waals surface area contributed by atoms with Gasteiger partial charge in [0, 0.05) is 43.5 Å². The molecule has 1 fully saturated rings. The molecule has 16 heavy (non-hydrogen) atoms. The summed E-state index contributed by atoms with van der Waals surface area (Å²) in [7, 11) is 0. The summed E-state index contributed by atoms with van der Waals surface area (Å²) in [5.74, 6) is 0.665. The fourth-order valence-corrected chi connectivity index (χ4v) is 3.73. The Labute approximate surface area is 100 Å². The van der Waals surface area contributed by atoms with Gasteiger partial charge in [0.2, 0.25) is 0 Å². The van der Waals surface area contributed by atoms with Crippen molar-refractivity contribution in [1.82, 2.24) is 10.3 Å². The van der Waals surface area contributed by atoms with Crippen LogP contribution in [0.5, 0.6) is 0 Å². The van der Waals surface area contributed by atoms with Gasteiger partial charge in [0.05, 0.1) is 10.7 Å². The van der Waals surface area contributed by atoms with Gasteiger partial charge in [-0.05, 0) is 19.3 Å². The second-order valence-corrected chi connectivity index (χ2v) is 5.67. The zero-order chi connectivity index (χ0) is 10.8. The summed E-state index contributed by atoms with van der Waals surface area (Å²) in [6, 6.07) is 0. The van der Waals surface area contributed by atoms with Crippen molar-refractivity contribution >= 4 is 11.3 Å². The predicted octanol–water partition coefficient (Wildman–Crippen LogP) is 1.73. The number of nitrogens with one attached hydrogen (secondary N) is 1. The van der Waals surface area contributed by atoms with Crippen molar-refractivity contribution in [2.24, 2.45) is 0 Å². The molecular weight excluding hydrogens is 220 g/mol. The Hall–Kier alpha value is -0.450. The van der Waals surface area contributed by atoms with Crippen molar-refractivity contribution in [2.75, 3.05) is 26.3 Å². The molecule has 0 spiro atoms. The summed E-state index contributed by atoms with van der Waals surface area (Å²) in [5.41, 5.74) is 1.36. The number of aromatic nitrogens is 1. The van der Waals surface area contributed by atoms with Crippen LogP contribution in [0.1, 0.15) is 34.3 Å². The lowest BCUT2D eigenvalue weighted by Crippen LogP contribution is -2.17. The van der Waals surface area contributed by atoms with Gasteiger partial charge in [0.25, 0.3) is 0 Å². The molecule has 3 rings (SSSR count). The van der Waals surface area contributed by atoms with E-state index in [1.165, 1.54) is 15.6 Å². The van der Waals surface area contributed by atoms with Crippen molar-refractivity contribution in [1.29, 1.82) is 0 Å². The molecule has 1 aromatic rings. The van der Waals surface area contributed by atoms with Crippen molar-refractivity contribution < 1.29 is 4.74 Å². The summed E-state index contributed by atoms with van der Waals surface area (Å²) in [5, 5.41) is 4.80. The van der Waals surface area contributed by atoms with Crippen molar-refractivity contribution in [3.05, 3.63) is 15.6 Å². The first-order valence-corrected chi connectivity index (χ1v) is 7.02. The molecule has 1 N–H and O–H groups in total. The number of rotatable bonds is 1. The van der Waals surface area contributed by atoms with E-state index in [1.807, 2.05) is 11.3 Å². The average Bonchev–Trinajstić information content (AvgIpc) is 2.62. The Bertz CT molecular complexity index is 334. The number of hydrogen-bond acceptors (Lipinski definition) is 4. The molecule has 0 amide bonds. The van der Waals surface area contributed by atoms with Gasteiger partial charge in [0.15, 0.2) is 0 Å². The topological polar surface area (TPSA) is 34.1 Å². The van der Waals surface area contributed by atoms with Crippen molar-refractivity contribution in [2.45, 2.75) is 31.6 Å². The Morgan fingerprint density at radius 1 is 1.19 bits per heavy atom. The number of thiazole rings is 1. The van der Waals surface area contributed by atoms with Gasteiger partial charge < -0.3 is 10.1 Å². The van der Waals surface area contributed by atoms with Crippen LogP contribution in [-0.4, -0.2) is 31.3 Å². The zero-order valence-electron chi connectivity index (χ0n) is 9.50. The van der Waals surface area contributed by atoms with Crippen LogP contribution >= 0.6 is 11.3 Å². The second-order valence-electron chi connectivity index (χ2n) is 4.56. The molecule has 2 aliphatic heterocycles. The van der Waals surface area contributed by atoms with Gasteiger partial charge in [0.1, 0.15) is 0 Å². The fourth-order valence-electron chi connectivity index (χ4n) is 2.45. The fraction of sp³-hybridized carbons (Fsp3) is 0.750. The van der Waals surface area contributed by atoms with E-state index in [0.717, 1.165) is 52.0 Å². The molecule has 0 aliphatic carbocycles. The summed E-state index contributed by atoms with van der Waals surface area (Å²) in [4.78, 5) is 6.38. The molecule has 0 atom stereocenters. The number of ether oxygens (including phenoxy) is 1. The summed E-state index contributed by atoms with van der Waals surface area (Å²) in [6.07, 6.45) is 4.58. The highest BCUT2D eigenvalue weighted by Gasteiger charge is 2.22. The van der Waals surface area contributed by atoms with E-state index in [2.05, 4.69) is 5.32 Å². The lowest BCUT2D eigenvalue weighted by molar-refractivity contribution is 0.0852. The molecule has 0 saturated carbocycles. The van der Waals surface area contributed by atoms with E-state index in [-0.39, 0.29) is 0 Å². The molecule has 4 heteroatoms. The highest BCUT2D eigenvalue weighted by molar-refractivity contribution is 7.11. The van der Waals surface area contributed by atoms with Crippen LogP contribution in [0.4, 0.5) is 0 Å². The number of nitrogens with zero attached hydrogens (tertiary/aromatic N) is 1. The van der Waals surface area contributed by atoms with Crippen molar-refractivity contribution in [3.63, 3.8) is 0 Å². The molecule has 1 aromatic heterocycles. The second kappa shape index (κ2) is 4.82. The quantitative estimate of drug-likeness (QED) is 0.809. The van der Waals surface area contributed by atoms with Gasteiger partial charge >= 0.3 is 0 Å². The van der Waals surface area contributed by atoms with Crippen LogP contribution in [0, 0.1) is 0 Å². The maximum absolute atomic E-state index is 5.41. The maximum atomic E-state index is 5.41. The van der Waals surface area contributed by atoms with E-state index in [0.29, 0.717) is 5.92 Å². The SMILES string of the molecule is C1Cc2nc(C3CCOCC3)sc2CCN1. The summed E-state index contributed by atoms with van der Waals surface area (Å²) >= 11 is 1.95. The van der Waals surface area contributed by atoms with Crippen LogP contribution in [-0.2, 0) is 17.6 Å². The van der Waals surface area contributed by atoms with E-state index in [9.17, 15) is 0 Å². The van der Waals surface area contributed by atoms with E-state index in [1.54, 1.807) is 0 Å². The van der Waals surface area contributed by atoms with Crippen LogP contribution in [0.3, 0.4) is 0 Å². The molecule has 88 valence electrons. The molecular formula is C12H18N2OS. The summed E-state index contributed by atoms with van der Waals surface area (Å²) < 4.78 is 5.41. The number of hydrogen-bond donors (Lipinski definition) is 1. The Morgan fingerprint density at radius 2 is 2.00 bits per heavy atom. The third-order valence-corrected chi connectivity index (χ3v) is 4.75. The highest BCUT2D eigenvalue weighted by atomic mass is 32.1. The van der Waals surface area contributed by atoms with Crippen LogP contribution in [0.15, 0.2) is 0 Å². The molecule has 0 radical (unpaired) electrons. The minimum atomic E-state index is 0.665. The third kappa shape index (κ3) is 2.14. The van der Waals surface area contributed by atoms with Gasteiger partial charge in [-0.3, -0.25) is 0 Å². The molecule has 0 bridgehead atoms. The zero-order valence-corrected chi connectivity index (χ0v) is 10.3. The largest absolute Gasteiger partial charge is 0.381 e. The van der Waals surface area contributed by atoms with Gasteiger partial charge in [-0.25, -0.2) is 4.98 Å². The molecule has 2 aliphatic rings. The van der Waals surface area contributed by atoms with Crippen LogP contribution in [0.25, 0.3) is 0 Å². The van der Waals surface area contributed by atoms with Crippen LogP contribution in [0.2, 0.25) is 0 Å². The normalized spacial score (nSPS) is 22.8. The Balaban J connectivity index is 1.80. The lowest BCUT2D eigenvalue weighted by Gasteiger charge is -2.19. The van der Waals surface area contributed by atoms with E-state index in [4.69, 9.17) is 9.72 Å². The first-order valence-electron chi connectivity index (χ1n) is 6.20. The maximum Gasteiger partial charge on any atom is 0.0963 e. The molecule has 3 heterocycles. The summed E-state index contributed by atoms with van der Waals surface area (Å²) in [6.45, 7) is 4.03. The lowest BCUT2D eigenvalue weighted by atomic mass is 10.0. The first-order chi connectivity index (χ1) is 7.93. The first kappa shape index (κ1) is 10.7. The molecule has 0 aromatic carbocycles. The van der Waals surface area contributed by atoms with E-state index >= 15 is 0 Å². The highest BCUT2D eigenvalue weighted by Crippen LogP contribution is 2.32. The smallest absolute Gasteiger partial charge is 0.0963 e. The van der Waals surface area contributed by atoms with Crippen LogP contribution < -0.4 is 5.32 Å². The van der Waals surface area contributed by atoms with Crippen molar-refractivity contribution in [3.8, 4) is 0 Å². The molecule has 1 saturated heterocycles. The minimum absolute atomic E-state index is 0.665. The standard InChI is InChI=1S/C12H18N2OS/c1-5-13-6-2-11-10(1)14-12(16-11)9-3-7-15-8-4-9/h9,13H,1-8H2. The van der Waals surface area contributed by atoms with E-state index < -0.39 is 0 Å².